The van der Waals surface area contributed by atoms with Crippen molar-refractivity contribution in [3.8, 4) is 5.75 Å². The zero-order valence-corrected chi connectivity index (χ0v) is 18.8. The predicted molar refractivity (Wildman–Crippen MR) is 113 cm³/mol. The standard InChI is InChI=1S/C23H31F6OP/c1-2-17(24)12-15-21(13-5-6-14-21)31(19-9-3-4-10-19)20-11-7-8-18(16-20)30-23(28,29)22(25,26)27/h7-8,11,16-17,19H,2-6,9-10,12-15H2,1H3. The SMILES string of the molecule is CCC(F)CCC1(P(c2cccc(OC(F)(F)C(F)(F)F)c2)C2CCCC2)CCCC1. The lowest BCUT2D eigenvalue weighted by molar-refractivity contribution is -0.360. The largest absolute Gasteiger partial charge is 0.499 e. The molecular weight excluding hydrogens is 437 g/mol. The van der Waals surface area contributed by atoms with Gasteiger partial charge in [-0.1, -0.05) is 52.7 Å². The Morgan fingerprint density at radius 3 is 2.29 bits per heavy atom. The summed E-state index contributed by atoms with van der Waals surface area (Å²) in [5.41, 5.74) is 0.395. The molecule has 0 spiro atoms. The second kappa shape index (κ2) is 9.89. The van der Waals surface area contributed by atoms with E-state index in [-0.39, 0.29) is 5.16 Å². The molecule has 2 aliphatic rings. The first-order valence-electron chi connectivity index (χ1n) is 11.2. The fourth-order valence-electron chi connectivity index (χ4n) is 5.21. The molecule has 2 saturated carbocycles. The molecule has 0 aliphatic heterocycles. The molecule has 0 N–H and O–H groups in total. The molecule has 2 aliphatic carbocycles. The normalized spacial score (nSPS) is 21.9. The fourth-order valence-corrected chi connectivity index (χ4v) is 9.52. The summed E-state index contributed by atoms with van der Waals surface area (Å²) >= 11 is 0. The van der Waals surface area contributed by atoms with Gasteiger partial charge in [0.1, 0.15) is 5.75 Å². The van der Waals surface area contributed by atoms with E-state index in [9.17, 15) is 26.3 Å². The Morgan fingerprint density at radius 2 is 1.71 bits per heavy atom. The molecule has 2 unspecified atom stereocenters. The first kappa shape index (κ1) is 24.7. The van der Waals surface area contributed by atoms with Crippen molar-refractivity contribution >= 4 is 13.2 Å². The summed E-state index contributed by atoms with van der Waals surface area (Å²) in [5.74, 6) is -0.463. The highest BCUT2D eigenvalue weighted by Gasteiger charge is 2.61. The van der Waals surface area contributed by atoms with Crippen molar-refractivity contribution in [2.75, 3.05) is 0 Å². The number of hydrogen-bond acceptors (Lipinski definition) is 1. The summed E-state index contributed by atoms with van der Waals surface area (Å²) in [5, 5.41) is 0.737. The van der Waals surface area contributed by atoms with Gasteiger partial charge in [0.05, 0.1) is 6.17 Å². The second-order valence-corrected chi connectivity index (χ2v) is 11.8. The summed E-state index contributed by atoms with van der Waals surface area (Å²) in [6, 6.07) is 5.89. The first-order valence-corrected chi connectivity index (χ1v) is 12.7. The zero-order chi connectivity index (χ0) is 22.7. The molecule has 1 aromatic carbocycles. The number of benzene rings is 1. The topological polar surface area (TPSA) is 9.23 Å². The van der Waals surface area contributed by atoms with Crippen LogP contribution in [0.15, 0.2) is 24.3 Å². The van der Waals surface area contributed by atoms with E-state index in [1.165, 1.54) is 12.1 Å². The smallest absolute Gasteiger partial charge is 0.426 e. The summed E-state index contributed by atoms with van der Waals surface area (Å²) in [6.07, 6.45) is -1.89. The van der Waals surface area contributed by atoms with Gasteiger partial charge in [-0.15, -0.1) is 0 Å². The molecule has 3 rings (SSSR count). The van der Waals surface area contributed by atoms with Crippen LogP contribution in [0.5, 0.6) is 5.75 Å². The predicted octanol–water partition coefficient (Wildman–Crippen LogP) is 8.11. The van der Waals surface area contributed by atoms with Crippen LogP contribution in [0.25, 0.3) is 0 Å². The molecule has 176 valence electrons. The van der Waals surface area contributed by atoms with E-state index in [1.54, 1.807) is 0 Å². The Labute approximate surface area is 181 Å². The van der Waals surface area contributed by atoms with Gasteiger partial charge >= 0.3 is 12.3 Å². The van der Waals surface area contributed by atoms with Crippen LogP contribution < -0.4 is 10.0 Å². The van der Waals surface area contributed by atoms with Crippen LogP contribution in [0.3, 0.4) is 0 Å². The van der Waals surface area contributed by atoms with Gasteiger partial charge in [0.25, 0.3) is 0 Å². The van der Waals surface area contributed by atoms with Crippen molar-refractivity contribution in [3.63, 3.8) is 0 Å². The zero-order valence-electron chi connectivity index (χ0n) is 17.9. The summed E-state index contributed by atoms with van der Waals surface area (Å²) in [6.45, 7) is 1.83. The molecule has 0 saturated heterocycles. The van der Waals surface area contributed by atoms with Crippen LogP contribution in [0.1, 0.15) is 77.6 Å². The molecule has 0 aromatic heterocycles. The quantitative estimate of drug-likeness (QED) is 0.263. The van der Waals surface area contributed by atoms with Gasteiger partial charge in [-0.3, -0.25) is 0 Å². The monoisotopic (exact) mass is 468 g/mol. The van der Waals surface area contributed by atoms with Gasteiger partial charge in [-0.25, -0.2) is 4.39 Å². The van der Waals surface area contributed by atoms with Crippen molar-refractivity contribution in [3.05, 3.63) is 24.3 Å². The number of rotatable bonds is 9. The van der Waals surface area contributed by atoms with Gasteiger partial charge in [0.2, 0.25) is 0 Å². The lowest BCUT2D eigenvalue weighted by Crippen LogP contribution is -2.42. The molecule has 31 heavy (non-hydrogen) atoms. The van der Waals surface area contributed by atoms with E-state index in [0.717, 1.165) is 69.2 Å². The Morgan fingerprint density at radius 1 is 1.06 bits per heavy atom. The molecule has 8 heteroatoms. The molecule has 0 bridgehead atoms. The first-order chi connectivity index (χ1) is 14.6. The summed E-state index contributed by atoms with van der Waals surface area (Å²) in [4.78, 5) is 0. The maximum absolute atomic E-state index is 14.2. The van der Waals surface area contributed by atoms with Crippen LogP contribution in [0.4, 0.5) is 26.3 Å². The molecule has 1 aromatic rings. The highest BCUT2D eigenvalue weighted by atomic mass is 31.1. The van der Waals surface area contributed by atoms with Crippen molar-refractivity contribution < 1.29 is 31.1 Å². The third-order valence-electron chi connectivity index (χ3n) is 6.77. The molecular formula is C23H31F6OP. The average molecular weight is 468 g/mol. The van der Waals surface area contributed by atoms with Gasteiger partial charge in [0.15, 0.2) is 0 Å². The van der Waals surface area contributed by atoms with E-state index >= 15 is 0 Å². The fraction of sp³-hybridized carbons (Fsp3) is 0.739. The minimum atomic E-state index is -5.78. The van der Waals surface area contributed by atoms with Crippen LogP contribution in [0, 0.1) is 0 Å². The lowest BCUT2D eigenvalue weighted by atomic mass is 9.98. The Kier molecular flexibility index (Phi) is 7.87. The maximum Gasteiger partial charge on any atom is 0.499 e. The van der Waals surface area contributed by atoms with Crippen molar-refractivity contribution in [1.29, 1.82) is 0 Å². The molecule has 2 fully saturated rings. The van der Waals surface area contributed by atoms with Crippen LogP contribution in [-0.4, -0.2) is 29.3 Å². The third-order valence-corrected chi connectivity index (χ3v) is 10.5. The van der Waals surface area contributed by atoms with E-state index in [1.807, 2.05) is 13.0 Å². The van der Waals surface area contributed by atoms with Crippen molar-refractivity contribution in [2.24, 2.45) is 0 Å². The number of halogens is 6. The second-order valence-electron chi connectivity index (χ2n) is 8.90. The number of hydrogen-bond donors (Lipinski definition) is 0. The highest BCUT2D eigenvalue weighted by molar-refractivity contribution is 7.67. The minimum absolute atomic E-state index is 0.0744. The van der Waals surface area contributed by atoms with Crippen LogP contribution in [0.2, 0.25) is 0 Å². The van der Waals surface area contributed by atoms with Crippen molar-refractivity contribution in [2.45, 2.75) is 107 Å². The minimum Gasteiger partial charge on any atom is -0.426 e. The van der Waals surface area contributed by atoms with Crippen LogP contribution >= 0.6 is 7.92 Å². The molecule has 0 radical (unpaired) electrons. The Hall–Kier alpha value is -0.970. The van der Waals surface area contributed by atoms with Gasteiger partial charge < -0.3 is 4.74 Å². The van der Waals surface area contributed by atoms with E-state index < -0.39 is 32.1 Å². The van der Waals surface area contributed by atoms with E-state index in [4.69, 9.17) is 0 Å². The van der Waals surface area contributed by atoms with E-state index in [0.29, 0.717) is 18.5 Å². The maximum atomic E-state index is 14.2. The molecule has 1 nitrogen and oxygen atoms in total. The van der Waals surface area contributed by atoms with Gasteiger partial charge in [-0.2, -0.15) is 22.0 Å². The summed E-state index contributed by atoms with van der Waals surface area (Å²) < 4.78 is 83.2. The van der Waals surface area contributed by atoms with E-state index in [2.05, 4.69) is 4.74 Å². The van der Waals surface area contributed by atoms with Gasteiger partial charge in [0, 0.05) is 0 Å². The Bertz CT molecular complexity index is 710. The molecule has 0 heterocycles. The Balaban J connectivity index is 1.93. The number of alkyl halides is 6. The third kappa shape index (κ3) is 5.69. The molecule has 0 amide bonds. The van der Waals surface area contributed by atoms with Gasteiger partial charge in [-0.05, 0) is 73.2 Å². The van der Waals surface area contributed by atoms with Crippen molar-refractivity contribution in [1.82, 2.24) is 0 Å². The molecule has 2 atom stereocenters. The van der Waals surface area contributed by atoms with Crippen LogP contribution in [-0.2, 0) is 0 Å². The highest BCUT2D eigenvalue weighted by Crippen LogP contribution is 2.65. The lowest BCUT2D eigenvalue weighted by Gasteiger charge is -2.43. The summed E-state index contributed by atoms with van der Waals surface area (Å²) in [7, 11) is -0.837. The number of ether oxygens (including phenoxy) is 1. The average Bonchev–Trinajstić information content (AvgIpc) is 3.39.